The van der Waals surface area contributed by atoms with Crippen LogP contribution in [0, 0.1) is 24.0 Å². The van der Waals surface area contributed by atoms with E-state index >= 15 is 0 Å². The first-order valence-corrected chi connectivity index (χ1v) is 7.93. The number of hydrogen-bond acceptors (Lipinski definition) is 4. The van der Waals surface area contributed by atoms with E-state index in [4.69, 9.17) is 0 Å². The molecule has 9 heteroatoms. The minimum atomic E-state index is -4.69. The standard InChI is InChI=1S/C18H18F3N3O3/c1-11-4-5-12(2)14(8-11)22-17(25)10-23(3)15-7-6-13(18(19,20)21)9-16(15)24(26)27/h4-9H,10H2,1-3H3,(H,22,25). The average Bonchev–Trinajstić information content (AvgIpc) is 2.56. The van der Waals surface area contributed by atoms with E-state index in [0.717, 1.165) is 23.3 Å². The molecule has 0 saturated carbocycles. The lowest BCUT2D eigenvalue weighted by atomic mass is 10.1. The van der Waals surface area contributed by atoms with E-state index in [1.807, 2.05) is 26.0 Å². The Morgan fingerprint density at radius 2 is 1.85 bits per heavy atom. The van der Waals surface area contributed by atoms with Gasteiger partial charge in [-0.2, -0.15) is 13.2 Å². The van der Waals surface area contributed by atoms with Gasteiger partial charge in [0, 0.05) is 18.8 Å². The number of nitrogens with zero attached hydrogens (tertiary/aromatic N) is 2. The molecule has 0 aliphatic rings. The number of carbonyl (C=O) groups excluding carboxylic acids is 1. The van der Waals surface area contributed by atoms with E-state index in [9.17, 15) is 28.1 Å². The van der Waals surface area contributed by atoms with Gasteiger partial charge in [-0.25, -0.2) is 0 Å². The number of halogens is 3. The van der Waals surface area contributed by atoms with Crippen LogP contribution in [0.5, 0.6) is 0 Å². The zero-order valence-corrected chi connectivity index (χ0v) is 14.9. The Morgan fingerprint density at radius 3 is 2.44 bits per heavy atom. The lowest BCUT2D eigenvalue weighted by molar-refractivity contribution is -0.384. The van der Waals surface area contributed by atoms with Crippen LogP contribution in [0.3, 0.4) is 0 Å². The molecule has 0 spiro atoms. The molecule has 0 aliphatic carbocycles. The number of aryl methyl sites for hydroxylation is 2. The van der Waals surface area contributed by atoms with Crippen LogP contribution in [-0.2, 0) is 11.0 Å². The summed E-state index contributed by atoms with van der Waals surface area (Å²) in [5.41, 5.74) is 0.484. The van der Waals surface area contributed by atoms with E-state index in [-0.39, 0.29) is 12.2 Å². The Kier molecular flexibility index (Phi) is 5.72. The molecule has 2 aromatic carbocycles. The molecule has 0 aromatic heterocycles. The highest BCUT2D eigenvalue weighted by Crippen LogP contribution is 2.36. The molecule has 0 atom stereocenters. The summed E-state index contributed by atoms with van der Waals surface area (Å²) in [5, 5.41) is 13.9. The minimum absolute atomic E-state index is 0.0795. The maximum atomic E-state index is 12.8. The van der Waals surface area contributed by atoms with E-state index in [2.05, 4.69) is 5.32 Å². The van der Waals surface area contributed by atoms with Crippen LogP contribution < -0.4 is 10.2 Å². The van der Waals surface area contributed by atoms with Crippen molar-refractivity contribution >= 4 is 23.0 Å². The maximum absolute atomic E-state index is 12.8. The Balaban J connectivity index is 2.22. The molecule has 6 nitrogen and oxygen atoms in total. The van der Waals surface area contributed by atoms with Crippen LogP contribution in [0.25, 0.3) is 0 Å². The third kappa shape index (κ3) is 4.96. The van der Waals surface area contributed by atoms with Gasteiger partial charge in [0.05, 0.1) is 17.0 Å². The maximum Gasteiger partial charge on any atom is 0.416 e. The van der Waals surface area contributed by atoms with Crippen molar-refractivity contribution in [1.82, 2.24) is 0 Å². The molecule has 0 heterocycles. The van der Waals surface area contributed by atoms with Crippen molar-refractivity contribution in [3.05, 3.63) is 63.2 Å². The van der Waals surface area contributed by atoms with Crippen molar-refractivity contribution in [2.75, 3.05) is 23.8 Å². The second-order valence-corrected chi connectivity index (χ2v) is 6.18. The fraction of sp³-hybridized carbons (Fsp3) is 0.278. The molecule has 0 saturated heterocycles. The largest absolute Gasteiger partial charge is 0.416 e. The van der Waals surface area contributed by atoms with E-state index in [1.165, 1.54) is 11.9 Å². The molecular formula is C18H18F3N3O3. The van der Waals surface area contributed by atoms with Crippen LogP contribution in [0.4, 0.5) is 30.2 Å². The van der Waals surface area contributed by atoms with Crippen LogP contribution in [0.1, 0.15) is 16.7 Å². The van der Waals surface area contributed by atoms with Crippen LogP contribution >= 0.6 is 0 Å². The first-order chi connectivity index (χ1) is 12.5. The normalized spacial score (nSPS) is 11.2. The molecular weight excluding hydrogens is 363 g/mol. The smallest absolute Gasteiger partial charge is 0.360 e. The Labute approximate surface area is 153 Å². The van der Waals surface area contributed by atoms with E-state index in [1.54, 1.807) is 6.07 Å². The van der Waals surface area contributed by atoms with Crippen molar-refractivity contribution in [2.45, 2.75) is 20.0 Å². The lowest BCUT2D eigenvalue weighted by Gasteiger charge is -2.20. The third-order valence-corrected chi connectivity index (χ3v) is 3.96. The average molecular weight is 381 g/mol. The number of likely N-dealkylation sites (N-methyl/N-ethyl adjacent to an activating group) is 1. The second-order valence-electron chi connectivity index (χ2n) is 6.18. The number of alkyl halides is 3. The second kappa shape index (κ2) is 7.65. The number of hydrogen-bond donors (Lipinski definition) is 1. The molecule has 2 aromatic rings. The zero-order valence-electron chi connectivity index (χ0n) is 14.9. The van der Waals surface area contributed by atoms with Gasteiger partial charge in [-0.15, -0.1) is 0 Å². The highest BCUT2D eigenvalue weighted by atomic mass is 19.4. The molecule has 0 unspecified atom stereocenters. The van der Waals surface area contributed by atoms with Crippen molar-refractivity contribution in [1.29, 1.82) is 0 Å². The quantitative estimate of drug-likeness (QED) is 0.619. The number of nitrogens with one attached hydrogen (secondary N) is 1. The van der Waals surface area contributed by atoms with Crippen molar-refractivity contribution in [3.63, 3.8) is 0 Å². The van der Waals surface area contributed by atoms with Crippen LogP contribution in [-0.4, -0.2) is 24.4 Å². The molecule has 0 radical (unpaired) electrons. The number of nitro benzene ring substituents is 1. The zero-order chi connectivity index (χ0) is 20.4. The van der Waals surface area contributed by atoms with Gasteiger partial charge in [-0.3, -0.25) is 14.9 Å². The SMILES string of the molecule is Cc1ccc(C)c(NC(=O)CN(C)c2ccc(C(F)(F)F)cc2[N+](=O)[O-])c1. The highest BCUT2D eigenvalue weighted by Gasteiger charge is 2.33. The summed E-state index contributed by atoms with van der Waals surface area (Å²) in [6.07, 6.45) is -4.69. The molecule has 27 heavy (non-hydrogen) atoms. The Hall–Kier alpha value is -3.10. The van der Waals surface area contributed by atoms with Gasteiger partial charge in [0.15, 0.2) is 0 Å². The predicted octanol–water partition coefficient (Wildman–Crippen LogP) is 4.31. The molecule has 2 rings (SSSR count). The lowest BCUT2D eigenvalue weighted by Crippen LogP contribution is -2.30. The topological polar surface area (TPSA) is 75.5 Å². The molecule has 0 bridgehead atoms. The van der Waals surface area contributed by atoms with Gasteiger partial charge in [-0.05, 0) is 43.2 Å². The first kappa shape index (κ1) is 20.2. The van der Waals surface area contributed by atoms with Crippen molar-refractivity contribution < 1.29 is 22.9 Å². The van der Waals surface area contributed by atoms with Gasteiger partial charge in [-0.1, -0.05) is 12.1 Å². The molecule has 1 amide bonds. The van der Waals surface area contributed by atoms with Gasteiger partial charge < -0.3 is 10.2 Å². The van der Waals surface area contributed by atoms with Crippen molar-refractivity contribution in [3.8, 4) is 0 Å². The number of carbonyl (C=O) groups is 1. The Bertz CT molecular complexity index is 882. The number of anilines is 2. The highest BCUT2D eigenvalue weighted by molar-refractivity contribution is 5.95. The van der Waals surface area contributed by atoms with Crippen LogP contribution in [0.15, 0.2) is 36.4 Å². The number of nitro groups is 1. The summed E-state index contributed by atoms with van der Waals surface area (Å²) in [6, 6.07) is 7.73. The summed E-state index contributed by atoms with van der Waals surface area (Å²) < 4.78 is 38.4. The van der Waals surface area contributed by atoms with Crippen molar-refractivity contribution in [2.24, 2.45) is 0 Å². The first-order valence-electron chi connectivity index (χ1n) is 7.93. The van der Waals surface area contributed by atoms with Crippen LogP contribution in [0.2, 0.25) is 0 Å². The number of benzene rings is 2. The third-order valence-electron chi connectivity index (χ3n) is 3.96. The Morgan fingerprint density at radius 1 is 1.19 bits per heavy atom. The molecule has 0 aliphatic heterocycles. The number of amides is 1. The molecule has 1 N–H and O–H groups in total. The van der Waals surface area contributed by atoms with Gasteiger partial charge >= 0.3 is 6.18 Å². The summed E-state index contributed by atoms with van der Waals surface area (Å²) in [6.45, 7) is 3.42. The summed E-state index contributed by atoms with van der Waals surface area (Å²) in [7, 11) is 1.40. The predicted molar refractivity (Wildman–Crippen MR) is 95.9 cm³/mol. The van der Waals surface area contributed by atoms with Gasteiger partial charge in [0.25, 0.3) is 5.69 Å². The molecule has 144 valence electrons. The van der Waals surface area contributed by atoms with E-state index < -0.39 is 28.3 Å². The fourth-order valence-electron chi connectivity index (χ4n) is 2.53. The van der Waals surface area contributed by atoms with E-state index in [0.29, 0.717) is 11.8 Å². The monoisotopic (exact) mass is 381 g/mol. The van der Waals surface area contributed by atoms with Gasteiger partial charge in [0.2, 0.25) is 5.91 Å². The summed E-state index contributed by atoms with van der Waals surface area (Å²) >= 11 is 0. The van der Waals surface area contributed by atoms with Gasteiger partial charge in [0.1, 0.15) is 5.69 Å². The fourth-order valence-corrected chi connectivity index (χ4v) is 2.53. The summed E-state index contributed by atoms with van der Waals surface area (Å²) in [4.78, 5) is 23.8. The minimum Gasteiger partial charge on any atom is -0.360 e. The molecule has 0 fully saturated rings. The number of rotatable bonds is 5. The summed E-state index contributed by atoms with van der Waals surface area (Å²) in [5.74, 6) is -0.444.